The van der Waals surface area contributed by atoms with E-state index in [-0.39, 0.29) is 0 Å². The summed E-state index contributed by atoms with van der Waals surface area (Å²) in [6.07, 6.45) is 2.21. The van der Waals surface area contributed by atoms with Gasteiger partial charge >= 0.3 is 0 Å². The van der Waals surface area contributed by atoms with Crippen LogP contribution in [0.1, 0.15) is 40.0 Å². The molecule has 1 saturated heterocycles. The summed E-state index contributed by atoms with van der Waals surface area (Å²) in [5.74, 6) is 0.440. The van der Waals surface area contributed by atoms with E-state index in [2.05, 4.69) is 120 Å². The van der Waals surface area contributed by atoms with E-state index in [1.165, 1.54) is 37.9 Å². The van der Waals surface area contributed by atoms with Crippen LogP contribution < -0.4 is 0 Å². The summed E-state index contributed by atoms with van der Waals surface area (Å²) < 4.78 is 1.43. The summed E-state index contributed by atoms with van der Waals surface area (Å²) in [5.41, 5.74) is 8.84. The zero-order valence-electron chi connectivity index (χ0n) is 22.7. The number of piperazine rings is 1. The number of rotatable bonds is 7. The van der Waals surface area contributed by atoms with Gasteiger partial charge in [-0.25, -0.2) is 0 Å². The second-order valence-corrected chi connectivity index (χ2v) is 12.3. The minimum atomic E-state index is 0.440. The van der Waals surface area contributed by atoms with Crippen molar-refractivity contribution in [2.75, 3.05) is 26.2 Å². The van der Waals surface area contributed by atoms with Crippen LogP contribution in [-0.2, 0) is 19.4 Å². The number of thiophene rings is 1. The summed E-state index contributed by atoms with van der Waals surface area (Å²) in [5, 5.41) is 1.46. The normalized spacial score (nSPS) is 17.9. The minimum Gasteiger partial charge on any atom is -0.297 e. The Kier molecular flexibility index (Phi) is 6.82. The van der Waals surface area contributed by atoms with Gasteiger partial charge in [0.1, 0.15) is 0 Å². The first-order chi connectivity index (χ1) is 19.3. The summed E-state index contributed by atoms with van der Waals surface area (Å²) in [6, 6.07) is 38.8. The highest BCUT2D eigenvalue weighted by Gasteiger charge is 2.34. The van der Waals surface area contributed by atoms with Gasteiger partial charge in [-0.05, 0) is 57.7 Å². The van der Waals surface area contributed by atoms with Crippen molar-refractivity contribution in [2.45, 2.75) is 38.3 Å². The first-order valence-electron chi connectivity index (χ1n) is 14.5. The largest absolute Gasteiger partial charge is 0.297 e. The van der Waals surface area contributed by atoms with Gasteiger partial charge < -0.3 is 0 Å². The molecule has 1 atom stereocenters. The van der Waals surface area contributed by atoms with Gasteiger partial charge in [0.15, 0.2) is 0 Å². The van der Waals surface area contributed by atoms with Crippen LogP contribution in [0.15, 0.2) is 103 Å². The van der Waals surface area contributed by atoms with Crippen molar-refractivity contribution in [2.24, 2.45) is 0 Å². The lowest BCUT2D eigenvalue weighted by atomic mass is 9.93. The van der Waals surface area contributed by atoms with Crippen molar-refractivity contribution >= 4 is 21.4 Å². The molecule has 2 heterocycles. The van der Waals surface area contributed by atoms with Gasteiger partial charge in [0.05, 0.1) is 0 Å². The van der Waals surface area contributed by atoms with Gasteiger partial charge in [0.25, 0.3) is 0 Å². The molecule has 0 amide bonds. The SMILES string of the molecule is CCc1sc2ccccc2c1CN1CCN(CC2c3ccccc3-c3ccccc32)C(Cc2ccccc2)C1. The monoisotopic (exact) mass is 528 g/mol. The molecule has 0 bridgehead atoms. The molecule has 2 nitrogen and oxygen atoms in total. The average Bonchev–Trinajstić information content (AvgIpc) is 3.50. The quantitative estimate of drug-likeness (QED) is 0.211. The zero-order chi connectivity index (χ0) is 26.2. The van der Waals surface area contributed by atoms with Crippen molar-refractivity contribution in [3.8, 4) is 11.1 Å². The maximum atomic E-state index is 2.81. The van der Waals surface area contributed by atoms with E-state index in [0.29, 0.717) is 12.0 Å². The summed E-state index contributed by atoms with van der Waals surface area (Å²) >= 11 is 1.99. The molecule has 1 aliphatic carbocycles. The van der Waals surface area contributed by atoms with Gasteiger partial charge in [0, 0.05) is 54.3 Å². The van der Waals surface area contributed by atoms with Crippen LogP contribution >= 0.6 is 11.3 Å². The fraction of sp³-hybridized carbons (Fsp3) is 0.278. The highest BCUT2D eigenvalue weighted by Crippen LogP contribution is 2.45. The number of aryl methyl sites for hydroxylation is 1. The maximum Gasteiger partial charge on any atom is 0.0349 e. The molecule has 0 saturated carbocycles. The Morgan fingerprint density at radius 3 is 2.15 bits per heavy atom. The number of nitrogens with zero attached hydrogens (tertiary/aromatic N) is 2. The number of hydrogen-bond donors (Lipinski definition) is 0. The highest BCUT2D eigenvalue weighted by molar-refractivity contribution is 7.19. The summed E-state index contributed by atoms with van der Waals surface area (Å²) in [7, 11) is 0. The van der Waals surface area contributed by atoms with Gasteiger partial charge in [-0.2, -0.15) is 0 Å². The van der Waals surface area contributed by atoms with Crippen LogP contribution in [0.3, 0.4) is 0 Å². The molecule has 196 valence electrons. The standard InChI is InChI=1S/C36H36N2S/c1-2-35-34(32-18-10-11-19-36(32)39-35)24-37-20-21-38(27(23-37)22-26-12-4-3-5-13-26)25-33-30-16-8-6-14-28(30)29-15-7-9-17-31(29)33/h3-19,27,33H,2,20-25H2,1H3. The second kappa shape index (κ2) is 10.7. The van der Waals surface area contributed by atoms with Crippen LogP contribution in [0.4, 0.5) is 0 Å². The van der Waals surface area contributed by atoms with Crippen LogP contribution in [0.2, 0.25) is 0 Å². The topological polar surface area (TPSA) is 6.48 Å². The molecule has 1 fully saturated rings. The molecule has 1 unspecified atom stereocenters. The van der Waals surface area contributed by atoms with Crippen LogP contribution in [0, 0.1) is 0 Å². The van der Waals surface area contributed by atoms with E-state index in [4.69, 9.17) is 0 Å². The Hall–Kier alpha value is -3.24. The van der Waals surface area contributed by atoms with Crippen LogP contribution in [-0.4, -0.2) is 42.0 Å². The number of hydrogen-bond acceptors (Lipinski definition) is 3. The molecule has 39 heavy (non-hydrogen) atoms. The first-order valence-corrected chi connectivity index (χ1v) is 15.3. The van der Waals surface area contributed by atoms with Crippen molar-refractivity contribution in [1.82, 2.24) is 9.80 Å². The molecule has 0 N–H and O–H groups in total. The minimum absolute atomic E-state index is 0.440. The first kappa shape index (κ1) is 24.8. The smallest absolute Gasteiger partial charge is 0.0349 e. The van der Waals surface area contributed by atoms with Crippen molar-refractivity contribution in [3.63, 3.8) is 0 Å². The van der Waals surface area contributed by atoms with E-state index in [1.54, 1.807) is 10.4 Å². The second-order valence-electron chi connectivity index (χ2n) is 11.2. The molecule has 1 aromatic heterocycles. The lowest BCUT2D eigenvalue weighted by Gasteiger charge is -2.43. The van der Waals surface area contributed by atoms with E-state index in [0.717, 1.165) is 45.6 Å². The number of fused-ring (bicyclic) bond motifs is 4. The predicted molar refractivity (Wildman–Crippen MR) is 166 cm³/mol. The van der Waals surface area contributed by atoms with E-state index in [9.17, 15) is 0 Å². The fourth-order valence-electron chi connectivity index (χ4n) is 6.94. The molecule has 0 spiro atoms. The Morgan fingerprint density at radius 1 is 0.744 bits per heavy atom. The third-order valence-electron chi connectivity index (χ3n) is 8.87. The maximum absolute atomic E-state index is 2.81. The Labute approximate surface area is 236 Å². The lowest BCUT2D eigenvalue weighted by Crippen LogP contribution is -2.54. The molecule has 2 aliphatic rings. The van der Waals surface area contributed by atoms with Gasteiger partial charge in [-0.15, -0.1) is 11.3 Å². The van der Waals surface area contributed by atoms with Gasteiger partial charge in [-0.1, -0.05) is 104 Å². The predicted octanol–water partition coefficient (Wildman–Crippen LogP) is 8.01. The molecular weight excluding hydrogens is 492 g/mol. The Bertz CT molecular complexity index is 1540. The molecule has 5 aromatic rings. The lowest BCUT2D eigenvalue weighted by molar-refractivity contribution is 0.0678. The zero-order valence-corrected chi connectivity index (χ0v) is 23.5. The average molecular weight is 529 g/mol. The molecule has 7 rings (SSSR count). The van der Waals surface area contributed by atoms with Crippen LogP contribution in [0.25, 0.3) is 21.2 Å². The summed E-state index contributed by atoms with van der Waals surface area (Å²) in [4.78, 5) is 7.09. The van der Waals surface area contributed by atoms with Crippen LogP contribution in [0.5, 0.6) is 0 Å². The van der Waals surface area contributed by atoms with Gasteiger partial charge in [-0.3, -0.25) is 9.80 Å². The highest BCUT2D eigenvalue weighted by atomic mass is 32.1. The third-order valence-corrected chi connectivity index (χ3v) is 10.2. The molecular formula is C36H36N2S. The number of benzene rings is 4. The molecule has 0 radical (unpaired) electrons. The van der Waals surface area contributed by atoms with E-state index in [1.807, 2.05) is 11.3 Å². The Balaban J connectivity index is 1.17. The van der Waals surface area contributed by atoms with Gasteiger partial charge in [0.2, 0.25) is 0 Å². The van der Waals surface area contributed by atoms with E-state index >= 15 is 0 Å². The van der Waals surface area contributed by atoms with Crippen molar-refractivity contribution < 1.29 is 0 Å². The van der Waals surface area contributed by atoms with E-state index < -0.39 is 0 Å². The van der Waals surface area contributed by atoms with Crippen molar-refractivity contribution in [3.05, 3.63) is 130 Å². The van der Waals surface area contributed by atoms with Crippen molar-refractivity contribution in [1.29, 1.82) is 0 Å². The summed E-state index contributed by atoms with van der Waals surface area (Å²) in [6.45, 7) is 7.79. The Morgan fingerprint density at radius 2 is 1.41 bits per heavy atom. The molecule has 1 aliphatic heterocycles. The third kappa shape index (κ3) is 4.74. The fourth-order valence-corrected chi connectivity index (χ4v) is 8.10. The molecule has 4 aromatic carbocycles. The molecule has 3 heteroatoms.